The Morgan fingerprint density at radius 2 is 1.71 bits per heavy atom. The van der Waals surface area contributed by atoms with Crippen LogP contribution in [-0.4, -0.2) is 14.0 Å². The van der Waals surface area contributed by atoms with Gasteiger partial charge in [-0.1, -0.05) is 67.9 Å². The summed E-state index contributed by atoms with van der Waals surface area (Å²) in [4.78, 5) is 22.1. The molecule has 1 aromatic carbocycles. The maximum Gasteiger partial charge on any atom is 0.373 e. The van der Waals surface area contributed by atoms with E-state index in [9.17, 15) is 4.79 Å². The fourth-order valence-corrected chi connectivity index (χ4v) is 3.81. The minimum absolute atomic E-state index is 0.474. The van der Waals surface area contributed by atoms with Crippen molar-refractivity contribution in [2.24, 2.45) is 0 Å². The lowest BCUT2D eigenvalue weighted by Gasteiger charge is -2.19. The fourth-order valence-electron chi connectivity index (χ4n) is 2.28. The molecule has 0 N–H and O–H groups in total. The van der Waals surface area contributed by atoms with Gasteiger partial charge in [-0.05, 0) is 25.5 Å². The first kappa shape index (κ1) is 20.4. The van der Waals surface area contributed by atoms with Gasteiger partial charge in [0.15, 0.2) is 0 Å². The first-order chi connectivity index (χ1) is 11.5. The first-order valence-corrected chi connectivity index (χ1v) is 11.2. The Kier molecular flexibility index (Phi) is 8.72. The third-order valence-corrected chi connectivity index (χ3v) is 7.51. The molecule has 0 bridgehead atoms. The Bertz CT molecular complexity index is 528. The molecule has 0 atom stereocenters. The summed E-state index contributed by atoms with van der Waals surface area (Å²) in [5.74, 6) is -0.477. The van der Waals surface area contributed by atoms with Gasteiger partial charge in [0.25, 0.3) is 0 Å². The van der Waals surface area contributed by atoms with Crippen LogP contribution in [0.3, 0.4) is 0 Å². The van der Waals surface area contributed by atoms with E-state index in [4.69, 9.17) is 9.78 Å². The lowest BCUT2D eigenvalue weighted by molar-refractivity contribution is -0.233. The van der Waals surface area contributed by atoms with Crippen LogP contribution >= 0.6 is 0 Å². The van der Waals surface area contributed by atoms with E-state index in [0.717, 1.165) is 24.1 Å². The van der Waals surface area contributed by atoms with Crippen LogP contribution in [0.4, 0.5) is 0 Å². The molecule has 0 unspecified atom stereocenters. The molecule has 0 saturated heterocycles. The molecular formula is C20H29O3Si. The number of unbranched alkanes of at least 4 members (excludes halogenated alkanes) is 3. The Labute approximate surface area is 147 Å². The molecule has 3 nitrogen and oxygen atoms in total. The van der Waals surface area contributed by atoms with Crippen molar-refractivity contribution in [3.05, 3.63) is 60.5 Å². The second-order valence-electron chi connectivity index (χ2n) is 6.24. The quantitative estimate of drug-likeness (QED) is 0.244. The van der Waals surface area contributed by atoms with E-state index in [1.54, 1.807) is 12.1 Å². The number of hydrogen-bond donors (Lipinski definition) is 0. The highest BCUT2D eigenvalue weighted by molar-refractivity contribution is 6.98. The van der Waals surface area contributed by atoms with Crippen LogP contribution < -0.4 is 5.19 Å². The summed E-state index contributed by atoms with van der Waals surface area (Å²) >= 11 is 0. The molecule has 0 aliphatic rings. The third kappa shape index (κ3) is 6.10. The van der Waals surface area contributed by atoms with Crippen LogP contribution in [0.5, 0.6) is 0 Å². The van der Waals surface area contributed by atoms with E-state index in [2.05, 4.69) is 26.6 Å². The second-order valence-corrected chi connectivity index (χ2v) is 10.2. The van der Waals surface area contributed by atoms with Gasteiger partial charge in [0.05, 0.1) is 5.56 Å². The molecule has 0 aliphatic carbocycles. The van der Waals surface area contributed by atoms with Gasteiger partial charge in [-0.25, -0.2) is 4.79 Å². The van der Waals surface area contributed by atoms with E-state index in [0.29, 0.717) is 5.56 Å². The molecule has 131 valence electrons. The van der Waals surface area contributed by atoms with Crippen molar-refractivity contribution in [2.75, 3.05) is 0 Å². The first-order valence-electron chi connectivity index (χ1n) is 8.55. The maximum atomic E-state index is 12.0. The minimum Gasteiger partial charge on any atom is -0.292 e. The maximum absolute atomic E-state index is 12.0. The fraction of sp³-hybridized carbons (Fsp3) is 0.400. The van der Waals surface area contributed by atoms with Crippen molar-refractivity contribution in [3.8, 4) is 0 Å². The van der Waals surface area contributed by atoms with Gasteiger partial charge in [-0.3, -0.25) is 4.89 Å². The van der Waals surface area contributed by atoms with E-state index in [1.165, 1.54) is 19.3 Å². The zero-order valence-electron chi connectivity index (χ0n) is 15.1. The van der Waals surface area contributed by atoms with Crippen LogP contribution in [0.2, 0.25) is 6.55 Å². The summed E-state index contributed by atoms with van der Waals surface area (Å²) in [6, 6.07) is 7.40. The number of benzene rings is 1. The second kappa shape index (κ2) is 10.3. The number of rotatable bonds is 11. The summed E-state index contributed by atoms with van der Waals surface area (Å²) in [5, 5.41) is 1.16. The Morgan fingerprint density at radius 3 is 2.25 bits per heavy atom. The van der Waals surface area contributed by atoms with Crippen LogP contribution in [-0.2, 0) is 9.78 Å². The molecule has 24 heavy (non-hydrogen) atoms. The van der Waals surface area contributed by atoms with Crippen LogP contribution in [0, 0.1) is 6.10 Å². The predicted molar refractivity (Wildman–Crippen MR) is 102 cm³/mol. The molecule has 0 amide bonds. The monoisotopic (exact) mass is 345 g/mol. The summed E-state index contributed by atoms with van der Waals surface area (Å²) < 4.78 is 0. The molecule has 1 rings (SSSR count). The van der Waals surface area contributed by atoms with Gasteiger partial charge >= 0.3 is 5.97 Å². The molecule has 0 heterocycles. The summed E-state index contributed by atoms with van der Waals surface area (Å²) in [6.07, 6.45) is 6.19. The predicted octanol–water partition coefficient (Wildman–Crippen LogP) is 5.03. The third-order valence-electron chi connectivity index (χ3n) is 4.23. The number of carbonyl (C=O) groups is 1. The minimum atomic E-state index is -1.85. The van der Waals surface area contributed by atoms with Crippen molar-refractivity contribution in [1.82, 2.24) is 0 Å². The lowest BCUT2D eigenvalue weighted by Crippen LogP contribution is -2.40. The molecule has 0 fully saturated rings. The molecule has 0 saturated carbocycles. The van der Waals surface area contributed by atoms with Gasteiger partial charge in [0.2, 0.25) is 0 Å². The average molecular weight is 346 g/mol. The van der Waals surface area contributed by atoms with Crippen LogP contribution in [0.15, 0.2) is 48.8 Å². The van der Waals surface area contributed by atoms with Crippen molar-refractivity contribution in [1.29, 1.82) is 0 Å². The van der Waals surface area contributed by atoms with Crippen molar-refractivity contribution in [2.45, 2.75) is 52.5 Å². The highest BCUT2D eigenvalue weighted by Gasteiger charge is 2.22. The Balaban J connectivity index is 2.51. The normalized spacial score (nSPS) is 11.3. The highest BCUT2D eigenvalue weighted by Crippen LogP contribution is 2.15. The Morgan fingerprint density at radius 1 is 1.08 bits per heavy atom. The number of carbonyl (C=O) groups excluding carboxylic acids is 1. The summed E-state index contributed by atoms with van der Waals surface area (Å²) in [5.41, 5.74) is 4.41. The molecule has 0 aliphatic heterocycles. The van der Waals surface area contributed by atoms with Gasteiger partial charge < -0.3 is 0 Å². The lowest BCUT2D eigenvalue weighted by atomic mass is 10.1. The average Bonchev–Trinajstić information content (AvgIpc) is 2.62. The van der Waals surface area contributed by atoms with E-state index >= 15 is 0 Å². The zero-order valence-corrected chi connectivity index (χ0v) is 16.1. The van der Waals surface area contributed by atoms with Gasteiger partial charge in [0.1, 0.15) is 14.2 Å². The van der Waals surface area contributed by atoms with E-state index < -0.39 is 14.0 Å². The molecule has 1 aromatic rings. The van der Waals surface area contributed by atoms with Crippen molar-refractivity contribution in [3.63, 3.8) is 0 Å². The highest BCUT2D eigenvalue weighted by atomic mass is 28.3. The standard InChI is InChI=1S/C20H29O3Si/c1-6-9-10-11-12-17(4)22-23-20(21)18-13-15-19(16-14-18)24(5,7-2)8-3/h7-8,13-16H,2-3,6,9-12H2,1,4-5H3. The Hall–Kier alpha value is -1.65. The number of hydrogen-bond acceptors (Lipinski definition) is 3. The summed E-state index contributed by atoms with van der Waals surface area (Å²) in [6.45, 7) is 14.0. The molecule has 4 heteroatoms. The molecule has 0 aromatic heterocycles. The zero-order chi connectivity index (χ0) is 18.0. The molecular weight excluding hydrogens is 316 g/mol. The molecule has 0 spiro atoms. The van der Waals surface area contributed by atoms with Gasteiger partial charge in [-0.15, -0.1) is 13.2 Å². The van der Waals surface area contributed by atoms with Crippen molar-refractivity contribution < 1.29 is 14.6 Å². The van der Waals surface area contributed by atoms with Gasteiger partial charge in [-0.2, -0.15) is 4.89 Å². The smallest absolute Gasteiger partial charge is 0.292 e. The van der Waals surface area contributed by atoms with Gasteiger partial charge in [0, 0.05) is 0 Å². The van der Waals surface area contributed by atoms with Crippen LogP contribution in [0.1, 0.15) is 56.3 Å². The molecule has 1 radical (unpaired) electrons. The van der Waals surface area contributed by atoms with E-state index in [-0.39, 0.29) is 0 Å². The van der Waals surface area contributed by atoms with Crippen molar-refractivity contribution >= 4 is 19.2 Å². The SMILES string of the molecule is C=C[Si](C)(C=C)c1ccc(C(=O)OO[C](C)CCCCCC)cc1. The van der Waals surface area contributed by atoms with E-state index in [1.807, 2.05) is 30.5 Å². The van der Waals surface area contributed by atoms with Crippen LogP contribution in [0.25, 0.3) is 0 Å². The summed E-state index contributed by atoms with van der Waals surface area (Å²) in [7, 11) is -1.85. The topological polar surface area (TPSA) is 35.5 Å². The largest absolute Gasteiger partial charge is 0.373 e.